The van der Waals surface area contributed by atoms with Crippen LogP contribution >= 0.6 is 0 Å². The average Bonchev–Trinajstić information content (AvgIpc) is 3.01. The Kier molecular flexibility index (Phi) is 4.56. The highest BCUT2D eigenvalue weighted by atomic mass is 15.2. The van der Waals surface area contributed by atoms with Crippen LogP contribution in [0.4, 0.5) is 5.82 Å². The molecule has 0 bridgehead atoms. The maximum Gasteiger partial charge on any atom is 0.126 e. The monoisotopic (exact) mass is 273 g/mol. The number of piperidine rings is 1. The van der Waals surface area contributed by atoms with Crippen LogP contribution < -0.4 is 5.32 Å². The lowest BCUT2D eigenvalue weighted by Gasteiger charge is -2.35. The van der Waals surface area contributed by atoms with Gasteiger partial charge in [-0.25, -0.2) is 4.98 Å². The van der Waals surface area contributed by atoms with Crippen LogP contribution in [0.5, 0.6) is 0 Å². The predicted octanol–water partition coefficient (Wildman–Crippen LogP) is 3.98. The van der Waals surface area contributed by atoms with Gasteiger partial charge in [0.1, 0.15) is 5.82 Å². The number of rotatable bonds is 4. The molecular weight excluding hydrogens is 246 g/mol. The topological polar surface area (TPSA) is 28.2 Å². The molecule has 1 saturated heterocycles. The third-order valence-electron chi connectivity index (χ3n) is 4.90. The number of pyridine rings is 1. The summed E-state index contributed by atoms with van der Waals surface area (Å²) in [7, 11) is 0. The molecule has 3 heteroatoms. The smallest absolute Gasteiger partial charge is 0.126 e. The van der Waals surface area contributed by atoms with Crippen molar-refractivity contribution in [3.8, 4) is 0 Å². The molecule has 1 aliphatic heterocycles. The fraction of sp³-hybridized carbons (Fsp3) is 0.706. The molecule has 0 spiro atoms. The van der Waals surface area contributed by atoms with E-state index in [4.69, 9.17) is 0 Å². The van der Waals surface area contributed by atoms with E-state index in [1.54, 1.807) is 0 Å². The Hall–Kier alpha value is -1.09. The zero-order valence-electron chi connectivity index (χ0n) is 12.6. The van der Waals surface area contributed by atoms with Crippen molar-refractivity contribution in [2.75, 3.05) is 18.4 Å². The van der Waals surface area contributed by atoms with Gasteiger partial charge in [0.25, 0.3) is 0 Å². The van der Waals surface area contributed by atoms with E-state index < -0.39 is 0 Å². The second-order valence-corrected chi connectivity index (χ2v) is 6.24. The molecule has 3 nitrogen and oxygen atoms in total. The Bertz CT molecular complexity index is 409. The minimum Gasteiger partial charge on any atom is -0.367 e. The van der Waals surface area contributed by atoms with Crippen LogP contribution in [0, 0.1) is 0 Å². The maximum atomic E-state index is 4.65. The molecule has 110 valence electrons. The number of likely N-dealkylation sites (tertiary alicyclic amines) is 1. The summed E-state index contributed by atoms with van der Waals surface area (Å²) < 4.78 is 0. The lowest BCUT2D eigenvalue weighted by molar-refractivity contribution is 0.157. The fourth-order valence-electron chi connectivity index (χ4n) is 3.71. The van der Waals surface area contributed by atoms with Gasteiger partial charge >= 0.3 is 0 Å². The number of hydrogen-bond donors (Lipinski definition) is 1. The molecule has 1 aromatic heterocycles. The number of aromatic nitrogens is 1. The average molecular weight is 273 g/mol. The van der Waals surface area contributed by atoms with Gasteiger partial charge in [-0.3, -0.25) is 4.90 Å². The first kappa shape index (κ1) is 13.9. The Morgan fingerprint density at radius 1 is 1.15 bits per heavy atom. The number of nitrogens with one attached hydrogen (secondary N) is 1. The highest BCUT2D eigenvalue weighted by Gasteiger charge is 2.22. The largest absolute Gasteiger partial charge is 0.367 e. The van der Waals surface area contributed by atoms with Gasteiger partial charge < -0.3 is 5.32 Å². The minimum absolute atomic E-state index is 0.585. The summed E-state index contributed by atoms with van der Waals surface area (Å²) in [6.07, 6.45) is 11.4. The summed E-state index contributed by atoms with van der Waals surface area (Å²) in [5, 5.41) is 3.57. The molecule has 1 aromatic rings. The van der Waals surface area contributed by atoms with E-state index in [2.05, 4.69) is 40.5 Å². The molecule has 0 radical (unpaired) electrons. The van der Waals surface area contributed by atoms with E-state index in [1.165, 1.54) is 57.1 Å². The van der Waals surface area contributed by atoms with Crippen molar-refractivity contribution in [1.29, 1.82) is 0 Å². The normalized spacial score (nSPS) is 24.9. The summed E-state index contributed by atoms with van der Waals surface area (Å²) in [5.74, 6) is 1.06. The zero-order chi connectivity index (χ0) is 13.8. The molecule has 2 aliphatic rings. The first-order chi connectivity index (χ1) is 9.86. The lowest BCUT2D eigenvalue weighted by atomic mass is 9.96. The number of hydrogen-bond acceptors (Lipinski definition) is 3. The van der Waals surface area contributed by atoms with E-state index in [1.807, 2.05) is 0 Å². The van der Waals surface area contributed by atoms with Crippen LogP contribution in [-0.2, 0) is 0 Å². The van der Waals surface area contributed by atoms with Crippen LogP contribution in [0.2, 0.25) is 0 Å². The van der Waals surface area contributed by atoms with E-state index >= 15 is 0 Å². The molecule has 0 unspecified atom stereocenters. The van der Waals surface area contributed by atoms with Crippen LogP contribution in [0.3, 0.4) is 0 Å². The molecule has 0 aromatic carbocycles. The van der Waals surface area contributed by atoms with E-state index in [0.717, 1.165) is 12.4 Å². The van der Waals surface area contributed by atoms with Gasteiger partial charge in [0.15, 0.2) is 0 Å². The van der Waals surface area contributed by atoms with Gasteiger partial charge in [0.05, 0.1) is 0 Å². The Morgan fingerprint density at radius 2 is 1.95 bits per heavy atom. The SMILES string of the molecule is CCN1CCCC[C@H]1c1ccc(NC2CCCC2)nc1. The van der Waals surface area contributed by atoms with E-state index in [9.17, 15) is 0 Å². The molecule has 3 rings (SSSR count). The van der Waals surface area contributed by atoms with Crippen molar-refractivity contribution in [1.82, 2.24) is 9.88 Å². The summed E-state index contributed by atoms with van der Waals surface area (Å²) in [6.45, 7) is 4.65. The molecule has 1 saturated carbocycles. The second kappa shape index (κ2) is 6.57. The Labute approximate surface area is 122 Å². The van der Waals surface area contributed by atoms with Gasteiger partial charge in [-0.1, -0.05) is 32.3 Å². The fourth-order valence-corrected chi connectivity index (χ4v) is 3.71. The van der Waals surface area contributed by atoms with Gasteiger partial charge in [0.2, 0.25) is 0 Å². The van der Waals surface area contributed by atoms with Crippen molar-refractivity contribution < 1.29 is 0 Å². The molecule has 1 atom stereocenters. The summed E-state index contributed by atoms with van der Waals surface area (Å²) >= 11 is 0. The molecule has 2 heterocycles. The molecular formula is C17H27N3. The molecule has 20 heavy (non-hydrogen) atoms. The number of nitrogens with zero attached hydrogens (tertiary/aromatic N) is 2. The number of anilines is 1. The van der Waals surface area contributed by atoms with Gasteiger partial charge in [-0.05, 0) is 50.4 Å². The molecule has 2 fully saturated rings. The highest BCUT2D eigenvalue weighted by Crippen LogP contribution is 2.30. The van der Waals surface area contributed by atoms with E-state index in [-0.39, 0.29) is 0 Å². The van der Waals surface area contributed by atoms with Gasteiger partial charge in [-0.15, -0.1) is 0 Å². The molecule has 0 amide bonds. The Balaban J connectivity index is 1.65. The van der Waals surface area contributed by atoms with Gasteiger partial charge in [0, 0.05) is 18.3 Å². The van der Waals surface area contributed by atoms with Crippen LogP contribution in [0.25, 0.3) is 0 Å². The van der Waals surface area contributed by atoms with Crippen molar-refractivity contribution in [2.24, 2.45) is 0 Å². The van der Waals surface area contributed by atoms with Crippen molar-refractivity contribution in [2.45, 2.75) is 64.0 Å². The summed E-state index contributed by atoms with van der Waals surface area (Å²) in [5.41, 5.74) is 1.39. The molecule has 1 N–H and O–H groups in total. The second-order valence-electron chi connectivity index (χ2n) is 6.24. The first-order valence-corrected chi connectivity index (χ1v) is 8.33. The van der Waals surface area contributed by atoms with E-state index in [0.29, 0.717) is 12.1 Å². The van der Waals surface area contributed by atoms with Crippen LogP contribution in [0.1, 0.15) is 63.5 Å². The third kappa shape index (κ3) is 3.14. The third-order valence-corrected chi connectivity index (χ3v) is 4.90. The van der Waals surface area contributed by atoms with Crippen molar-refractivity contribution in [3.63, 3.8) is 0 Å². The summed E-state index contributed by atoms with van der Waals surface area (Å²) in [6, 6.07) is 5.69. The van der Waals surface area contributed by atoms with Crippen LogP contribution in [-0.4, -0.2) is 29.0 Å². The zero-order valence-corrected chi connectivity index (χ0v) is 12.6. The van der Waals surface area contributed by atoms with Crippen molar-refractivity contribution in [3.05, 3.63) is 23.9 Å². The van der Waals surface area contributed by atoms with Crippen LogP contribution in [0.15, 0.2) is 18.3 Å². The Morgan fingerprint density at radius 3 is 2.65 bits per heavy atom. The minimum atomic E-state index is 0.585. The lowest BCUT2D eigenvalue weighted by Crippen LogP contribution is -2.33. The molecule has 1 aliphatic carbocycles. The first-order valence-electron chi connectivity index (χ1n) is 8.33. The van der Waals surface area contributed by atoms with Crippen molar-refractivity contribution >= 4 is 5.82 Å². The van der Waals surface area contributed by atoms with Gasteiger partial charge in [-0.2, -0.15) is 0 Å². The quantitative estimate of drug-likeness (QED) is 0.899. The standard InChI is InChI=1S/C17H27N3/c1-2-20-12-6-5-9-16(20)14-10-11-17(18-13-14)19-15-7-3-4-8-15/h10-11,13,15-16H,2-9,12H2,1H3,(H,18,19)/t16-/m0/s1. The predicted molar refractivity (Wildman–Crippen MR) is 84.0 cm³/mol. The maximum absolute atomic E-state index is 4.65. The highest BCUT2D eigenvalue weighted by molar-refractivity contribution is 5.37. The summed E-state index contributed by atoms with van der Waals surface area (Å²) in [4.78, 5) is 7.24.